The third-order valence-corrected chi connectivity index (χ3v) is 12.7. The molecule has 0 spiro atoms. The number of hydrogen-bond acceptors (Lipinski definition) is 12. The van der Waals surface area contributed by atoms with Crippen LogP contribution in [-0.2, 0) is 29.0 Å². The summed E-state index contributed by atoms with van der Waals surface area (Å²) >= 11 is 0. The van der Waals surface area contributed by atoms with Crippen LogP contribution in [0.15, 0.2) is 114 Å². The number of ketones is 1. The molecular formula is C47H40N10O7. The number of amides is 1. The summed E-state index contributed by atoms with van der Waals surface area (Å²) in [6.07, 6.45) is 1.10. The molecule has 2 bridgehead atoms. The lowest BCUT2D eigenvalue weighted by molar-refractivity contribution is -0.203. The normalized spacial score (nSPS) is 18.6. The number of rotatable bonds is 9. The second-order valence-corrected chi connectivity index (χ2v) is 16.1. The molecule has 320 valence electrons. The van der Waals surface area contributed by atoms with Crippen LogP contribution in [0.2, 0.25) is 0 Å². The number of carboxylic acids is 1. The molecule has 2 aliphatic heterocycles. The maximum absolute atomic E-state index is 13.8. The van der Waals surface area contributed by atoms with Gasteiger partial charge in [-0.25, -0.2) is 14.1 Å². The zero-order valence-electron chi connectivity index (χ0n) is 34.7. The maximum Gasteiger partial charge on any atom is 0.362 e. The first-order valence-corrected chi connectivity index (χ1v) is 20.9. The van der Waals surface area contributed by atoms with Crippen LogP contribution in [0, 0.1) is 0 Å². The van der Waals surface area contributed by atoms with Gasteiger partial charge in [0.05, 0.1) is 28.1 Å². The molecule has 17 heteroatoms. The molecule has 5 aromatic carbocycles. The third-order valence-electron chi connectivity index (χ3n) is 12.7. The van der Waals surface area contributed by atoms with E-state index < -0.39 is 18.3 Å². The molecule has 1 aliphatic carbocycles. The largest absolute Gasteiger partial charge is 0.476 e. The number of benzene rings is 5. The van der Waals surface area contributed by atoms with Crippen molar-refractivity contribution in [3.8, 4) is 0 Å². The lowest BCUT2D eigenvalue weighted by Crippen LogP contribution is -2.53. The zero-order chi connectivity index (χ0) is 43.6. The summed E-state index contributed by atoms with van der Waals surface area (Å²) < 4.78 is 23.8. The Morgan fingerprint density at radius 3 is 2.27 bits per heavy atom. The van der Waals surface area contributed by atoms with Gasteiger partial charge in [0.15, 0.2) is 17.8 Å². The van der Waals surface area contributed by atoms with Crippen molar-refractivity contribution in [1.82, 2.24) is 44.6 Å². The second-order valence-electron chi connectivity index (χ2n) is 16.1. The second kappa shape index (κ2) is 15.5. The van der Waals surface area contributed by atoms with Gasteiger partial charge in [-0.1, -0.05) is 84.9 Å². The van der Waals surface area contributed by atoms with Gasteiger partial charge in [-0.15, -0.1) is 5.10 Å². The molecule has 6 heterocycles. The van der Waals surface area contributed by atoms with Crippen molar-refractivity contribution in [1.29, 1.82) is 0 Å². The van der Waals surface area contributed by atoms with Gasteiger partial charge in [-0.3, -0.25) is 9.59 Å². The first kappa shape index (κ1) is 39.1. The van der Waals surface area contributed by atoms with Crippen LogP contribution in [0.1, 0.15) is 73.5 Å². The first-order valence-electron chi connectivity index (χ1n) is 20.9. The number of nitrogens with one attached hydrogen (secondary N) is 1. The van der Waals surface area contributed by atoms with Crippen molar-refractivity contribution in [3.63, 3.8) is 0 Å². The van der Waals surface area contributed by atoms with Crippen LogP contribution in [0.3, 0.4) is 0 Å². The van der Waals surface area contributed by atoms with Gasteiger partial charge in [0, 0.05) is 66.1 Å². The van der Waals surface area contributed by atoms with Gasteiger partial charge in [-0.05, 0) is 62.6 Å². The van der Waals surface area contributed by atoms with Crippen LogP contribution < -0.4 is 5.32 Å². The lowest BCUT2D eigenvalue weighted by Gasteiger charge is -2.44. The van der Waals surface area contributed by atoms with E-state index in [9.17, 15) is 14.4 Å². The number of para-hydroxylation sites is 2. The van der Waals surface area contributed by atoms with E-state index in [1.807, 2.05) is 84.7 Å². The standard InChI is InChI=1S/C35H29N3O4.C12H11N7O3/c1-36(34(40)19-10-4-3-5-11-19)25-18-27-37-23-14-8-7-13-21(23)30-29-22(16-17-26(29)39)28-20-12-6-9-15-24(20)38(31(28)32(30)37)35(42-27)33(25)41-2;20-12(21)10-11(16-22-15-10)13-7-19-9(14-17-18-19)6-8-4-2-1-3-5-8/h3-15,25,27,33,35H,16-18H2,1-2H3;1-5H,6-7H2,(H,13,16)(H,20,21)/t25-,27?,33-,35?;/m1./s1. The minimum atomic E-state index is -1.23. The number of tetrazole rings is 1. The van der Waals surface area contributed by atoms with E-state index in [2.05, 4.69) is 81.3 Å². The molecule has 1 saturated heterocycles. The molecule has 0 radical (unpaired) electrons. The van der Waals surface area contributed by atoms with Gasteiger partial charge < -0.3 is 33.9 Å². The molecule has 64 heavy (non-hydrogen) atoms. The number of aromatic nitrogens is 8. The number of carbonyl (C=O) groups excluding carboxylic acids is 2. The van der Waals surface area contributed by atoms with Crippen molar-refractivity contribution in [2.45, 2.75) is 57.0 Å². The minimum Gasteiger partial charge on any atom is -0.476 e. The summed E-state index contributed by atoms with van der Waals surface area (Å²) in [5.74, 6) is -0.417. The fourth-order valence-electron chi connectivity index (χ4n) is 9.94. The van der Waals surface area contributed by atoms with E-state index in [1.54, 1.807) is 7.11 Å². The molecule has 1 fully saturated rings. The highest BCUT2D eigenvalue weighted by Crippen LogP contribution is 2.53. The Hall–Kier alpha value is -7.76. The zero-order valence-corrected chi connectivity index (χ0v) is 34.7. The fourth-order valence-corrected chi connectivity index (χ4v) is 9.94. The molecule has 4 atom stereocenters. The molecule has 3 aliphatic rings. The number of carbonyl (C=O) groups is 3. The quantitative estimate of drug-likeness (QED) is 0.150. The molecule has 9 aromatic rings. The van der Waals surface area contributed by atoms with Crippen molar-refractivity contribution in [2.24, 2.45) is 0 Å². The first-order chi connectivity index (χ1) is 31.3. The number of methoxy groups -OCH3 is 1. The highest BCUT2D eigenvalue weighted by atomic mass is 16.6. The minimum absolute atomic E-state index is 0.0219. The molecule has 4 aromatic heterocycles. The summed E-state index contributed by atoms with van der Waals surface area (Å²) in [7, 11) is 3.58. The monoisotopic (exact) mass is 856 g/mol. The smallest absolute Gasteiger partial charge is 0.362 e. The number of fused-ring (bicyclic) bond motifs is 13. The number of nitrogens with zero attached hydrogens (tertiary/aromatic N) is 9. The Bertz CT molecular complexity index is 3280. The van der Waals surface area contributed by atoms with Crippen LogP contribution in [-0.4, -0.2) is 93.6 Å². The van der Waals surface area contributed by atoms with Crippen molar-refractivity contribution in [2.75, 3.05) is 19.5 Å². The number of Topliss-reactive ketones (excluding diaryl/α,β-unsaturated/α-hetero) is 1. The summed E-state index contributed by atoms with van der Waals surface area (Å²) in [4.78, 5) is 40.1. The number of carboxylic acid groups (broad SMARTS) is 1. The fraction of sp³-hybridized carbons (Fsp3) is 0.234. The SMILES string of the molecule is CO[C@H]1C2OC(C[C@H]1N(C)C(=O)c1ccccc1)n1c3ccccc3c3c4c(c5c6ccccc6n2c5c31)CCC4=O.O=C(O)c1nonc1NCn1nnnc1Cc1ccccc1. The van der Waals surface area contributed by atoms with Crippen molar-refractivity contribution < 1.29 is 33.6 Å². The van der Waals surface area contributed by atoms with E-state index in [0.717, 1.165) is 66.7 Å². The Morgan fingerprint density at radius 2 is 1.53 bits per heavy atom. The van der Waals surface area contributed by atoms with E-state index in [-0.39, 0.29) is 42.1 Å². The Balaban J connectivity index is 0.000000175. The number of likely N-dealkylation sites (N-methyl/N-ethyl adjacent to an activating group) is 1. The molecule has 0 saturated carbocycles. The number of anilines is 1. The Kier molecular flexibility index (Phi) is 9.50. The summed E-state index contributed by atoms with van der Waals surface area (Å²) in [5.41, 5.74) is 7.62. The van der Waals surface area contributed by atoms with E-state index in [0.29, 0.717) is 30.7 Å². The Morgan fingerprint density at radius 1 is 0.859 bits per heavy atom. The molecule has 2 N–H and O–H groups in total. The molecule has 12 rings (SSSR count). The molecule has 2 unspecified atom stereocenters. The van der Waals surface area contributed by atoms with Crippen LogP contribution in [0.5, 0.6) is 0 Å². The average Bonchev–Trinajstić information content (AvgIpc) is 4.17. The van der Waals surface area contributed by atoms with Crippen molar-refractivity contribution in [3.05, 3.63) is 143 Å². The van der Waals surface area contributed by atoms with Gasteiger partial charge in [0.25, 0.3) is 5.91 Å². The summed E-state index contributed by atoms with van der Waals surface area (Å²) in [6, 6.07) is 35.6. The number of aryl methyl sites for hydroxylation is 1. The topological polar surface area (TPSA) is 198 Å². The number of ether oxygens (including phenoxy) is 2. The lowest BCUT2D eigenvalue weighted by atomic mass is 9.97. The van der Waals surface area contributed by atoms with Gasteiger partial charge in [0.2, 0.25) is 11.5 Å². The molecule has 1 amide bonds. The number of hydrogen-bond donors (Lipinski definition) is 2. The maximum atomic E-state index is 13.8. The van der Waals surface area contributed by atoms with Gasteiger partial charge in [0.1, 0.15) is 19.0 Å². The van der Waals surface area contributed by atoms with E-state index >= 15 is 0 Å². The van der Waals surface area contributed by atoms with Crippen molar-refractivity contribution >= 4 is 67.1 Å². The van der Waals surface area contributed by atoms with Crippen LogP contribution in [0.25, 0.3) is 43.6 Å². The number of aromatic carboxylic acids is 1. The summed E-state index contributed by atoms with van der Waals surface area (Å²) in [6.45, 7) is 0.143. The molecule has 17 nitrogen and oxygen atoms in total. The highest BCUT2D eigenvalue weighted by molar-refractivity contribution is 6.31. The van der Waals surface area contributed by atoms with E-state index in [4.69, 9.17) is 14.6 Å². The van der Waals surface area contributed by atoms with Crippen LogP contribution in [0.4, 0.5) is 5.82 Å². The highest BCUT2D eigenvalue weighted by Gasteiger charge is 2.48. The molecular weight excluding hydrogens is 817 g/mol. The van der Waals surface area contributed by atoms with E-state index in [1.165, 1.54) is 4.68 Å². The Labute approximate surface area is 363 Å². The predicted octanol–water partition coefficient (Wildman–Crippen LogP) is 7.03. The third kappa shape index (κ3) is 6.14. The average molecular weight is 857 g/mol. The van der Waals surface area contributed by atoms with Gasteiger partial charge >= 0.3 is 5.97 Å². The van der Waals surface area contributed by atoms with Crippen LogP contribution >= 0.6 is 0 Å². The summed E-state index contributed by atoms with van der Waals surface area (Å²) in [5, 5.41) is 34.3. The predicted molar refractivity (Wildman–Crippen MR) is 234 cm³/mol. The van der Waals surface area contributed by atoms with Gasteiger partial charge in [-0.2, -0.15) is 0 Å².